The van der Waals surface area contributed by atoms with Gasteiger partial charge in [-0.05, 0) is 30.7 Å². The number of rotatable bonds is 1. The Balaban J connectivity index is 3.00. The molecular weight excluding hydrogens is 166 g/mol. The molecule has 66 valence electrons. The van der Waals surface area contributed by atoms with E-state index in [9.17, 15) is 4.79 Å². The van der Waals surface area contributed by atoms with E-state index in [0.717, 1.165) is 5.56 Å². The van der Waals surface area contributed by atoms with Gasteiger partial charge < -0.3 is 11.1 Å². The number of hydrogen-bond donors (Lipinski definition) is 2. The average Bonchev–Trinajstić information content (AvgIpc) is 2.08. The van der Waals surface area contributed by atoms with Crippen LogP contribution in [0.2, 0.25) is 0 Å². The van der Waals surface area contributed by atoms with Crippen LogP contribution in [0.3, 0.4) is 0 Å². The number of amides is 2. The summed E-state index contributed by atoms with van der Waals surface area (Å²) < 4.78 is 0. The van der Waals surface area contributed by atoms with E-state index in [1.807, 2.05) is 6.07 Å². The highest BCUT2D eigenvalue weighted by molar-refractivity contribution is 5.88. The van der Waals surface area contributed by atoms with E-state index >= 15 is 0 Å². The Hall–Kier alpha value is -2.02. The summed E-state index contributed by atoms with van der Waals surface area (Å²) in [5.74, 6) is 0. The topological polar surface area (TPSA) is 78.9 Å². The fourth-order valence-electron chi connectivity index (χ4n) is 1.01. The molecule has 0 atom stereocenters. The number of nitrogens with zero attached hydrogens (tertiary/aromatic N) is 1. The van der Waals surface area contributed by atoms with Crippen molar-refractivity contribution < 1.29 is 4.79 Å². The van der Waals surface area contributed by atoms with Crippen molar-refractivity contribution >= 4 is 11.7 Å². The molecule has 1 aromatic carbocycles. The number of aryl methyl sites for hydroxylation is 1. The first-order chi connectivity index (χ1) is 6.13. The molecule has 0 fully saturated rings. The molecule has 0 saturated carbocycles. The zero-order valence-corrected chi connectivity index (χ0v) is 7.16. The van der Waals surface area contributed by atoms with Crippen molar-refractivity contribution in [1.29, 1.82) is 5.26 Å². The molecule has 0 radical (unpaired) electrons. The van der Waals surface area contributed by atoms with E-state index in [1.54, 1.807) is 25.1 Å². The van der Waals surface area contributed by atoms with Crippen molar-refractivity contribution in [3.05, 3.63) is 29.3 Å². The average molecular weight is 175 g/mol. The first-order valence-electron chi connectivity index (χ1n) is 3.70. The van der Waals surface area contributed by atoms with Crippen LogP contribution in [0, 0.1) is 18.3 Å². The van der Waals surface area contributed by atoms with Crippen LogP contribution in [0.5, 0.6) is 0 Å². The molecule has 3 N–H and O–H groups in total. The minimum atomic E-state index is -0.604. The summed E-state index contributed by atoms with van der Waals surface area (Å²) in [6.45, 7) is 1.80. The zero-order valence-electron chi connectivity index (χ0n) is 7.16. The highest BCUT2D eigenvalue weighted by Crippen LogP contribution is 2.15. The van der Waals surface area contributed by atoms with Gasteiger partial charge in [-0.1, -0.05) is 0 Å². The molecule has 0 heterocycles. The molecule has 0 aliphatic carbocycles. The second-order valence-corrected chi connectivity index (χ2v) is 2.63. The standard InChI is InChI=1S/C9H9N3O/c1-6-4-7(5-10)2-3-8(6)12-9(11)13/h2-4H,1H3,(H3,11,12,13). The Labute approximate surface area is 76.0 Å². The Bertz CT molecular complexity index is 379. The molecule has 1 aromatic rings. The lowest BCUT2D eigenvalue weighted by molar-refractivity contribution is 0.259. The second-order valence-electron chi connectivity index (χ2n) is 2.63. The van der Waals surface area contributed by atoms with Crippen molar-refractivity contribution in [1.82, 2.24) is 0 Å². The van der Waals surface area contributed by atoms with Crippen LogP contribution < -0.4 is 11.1 Å². The molecule has 1 rings (SSSR count). The number of nitrogens with one attached hydrogen (secondary N) is 1. The summed E-state index contributed by atoms with van der Waals surface area (Å²) in [5, 5.41) is 11.0. The van der Waals surface area contributed by atoms with Crippen LogP contribution in [0.4, 0.5) is 10.5 Å². The quantitative estimate of drug-likeness (QED) is 0.675. The highest BCUT2D eigenvalue weighted by Gasteiger charge is 2.00. The van der Waals surface area contributed by atoms with Gasteiger partial charge in [0.1, 0.15) is 0 Å². The van der Waals surface area contributed by atoms with Gasteiger partial charge in [0, 0.05) is 5.69 Å². The van der Waals surface area contributed by atoms with E-state index in [1.165, 1.54) is 0 Å². The van der Waals surface area contributed by atoms with Crippen molar-refractivity contribution in [3.8, 4) is 6.07 Å². The summed E-state index contributed by atoms with van der Waals surface area (Å²) in [4.78, 5) is 10.5. The van der Waals surface area contributed by atoms with Gasteiger partial charge in [-0.2, -0.15) is 5.26 Å². The number of nitrogens with two attached hydrogens (primary N) is 1. The van der Waals surface area contributed by atoms with Gasteiger partial charge in [0.2, 0.25) is 0 Å². The van der Waals surface area contributed by atoms with E-state index in [4.69, 9.17) is 11.0 Å². The van der Waals surface area contributed by atoms with Gasteiger partial charge in [0.15, 0.2) is 0 Å². The lowest BCUT2D eigenvalue weighted by Crippen LogP contribution is -2.19. The van der Waals surface area contributed by atoms with E-state index < -0.39 is 6.03 Å². The molecule has 0 aliphatic rings. The van der Waals surface area contributed by atoms with Crippen LogP contribution in [0.1, 0.15) is 11.1 Å². The number of carbonyl (C=O) groups is 1. The number of hydrogen-bond acceptors (Lipinski definition) is 2. The SMILES string of the molecule is Cc1cc(C#N)ccc1NC(N)=O. The highest BCUT2D eigenvalue weighted by atomic mass is 16.2. The summed E-state index contributed by atoms with van der Waals surface area (Å²) in [6, 6.07) is 6.36. The fourth-order valence-corrected chi connectivity index (χ4v) is 1.01. The van der Waals surface area contributed by atoms with E-state index in [2.05, 4.69) is 5.32 Å². The van der Waals surface area contributed by atoms with Crippen molar-refractivity contribution in [3.63, 3.8) is 0 Å². The van der Waals surface area contributed by atoms with Crippen LogP contribution in [0.25, 0.3) is 0 Å². The summed E-state index contributed by atoms with van der Waals surface area (Å²) in [5.41, 5.74) is 6.96. The zero-order chi connectivity index (χ0) is 9.84. The lowest BCUT2D eigenvalue weighted by Gasteiger charge is -2.04. The van der Waals surface area contributed by atoms with Gasteiger partial charge >= 0.3 is 6.03 Å². The molecule has 4 heteroatoms. The Kier molecular flexibility index (Phi) is 2.50. The predicted molar refractivity (Wildman–Crippen MR) is 49.1 cm³/mol. The summed E-state index contributed by atoms with van der Waals surface area (Å²) in [7, 11) is 0. The van der Waals surface area contributed by atoms with Gasteiger partial charge in [-0.25, -0.2) is 4.79 Å². The van der Waals surface area contributed by atoms with Crippen molar-refractivity contribution in [2.45, 2.75) is 6.92 Å². The lowest BCUT2D eigenvalue weighted by atomic mass is 10.1. The number of anilines is 1. The third-order valence-electron chi connectivity index (χ3n) is 1.61. The first kappa shape index (κ1) is 9.07. The third kappa shape index (κ3) is 2.20. The number of benzene rings is 1. The Morgan fingerprint density at radius 1 is 1.62 bits per heavy atom. The smallest absolute Gasteiger partial charge is 0.316 e. The van der Waals surface area contributed by atoms with Crippen molar-refractivity contribution in [2.24, 2.45) is 5.73 Å². The minimum Gasteiger partial charge on any atom is -0.351 e. The van der Waals surface area contributed by atoms with Crippen LogP contribution in [-0.4, -0.2) is 6.03 Å². The van der Waals surface area contributed by atoms with Gasteiger partial charge in [0.05, 0.1) is 11.6 Å². The second kappa shape index (κ2) is 3.59. The molecule has 0 aromatic heterocycles. The van der Waals surface area contributed by atoms with E-state index in [0.29, 0.717) is 11.3 Å². The maximum Gasteiger partial charge on any atom is 0.316 e. The fraction of sp³-hybridized carbons (Fsp3) is 0.111. The molecule has 0 spiro atoms. The van der Waals surface area contributed by atoms with Crippen molar-refractivity contribution in [2.75, 3.05) is 5.32 Å². The molecule has 0 saturated heterocycles. The predicted octanol–water partition coefficient (Wildman–Crippen LogP) is 1.36. The normalized spacial score (nSPS) is 8.92. The largest absolute Gasteiger partial charge is 0.351 e. The van der Waals surface area contributed by atoms with Crippen LogP contribution in [0.15, 0.2) is 18.2 Å². The molecule has 2 amide bonds. The third-order valence-corrected chi connectivity index (χ3v) is 1.61. The molecule has 0 aliphatic heterocycles. The van der Waals surface area contributed by atoms with Gasteiger partial charge in [-0.3, -0.25) is 0 Å². The van der Waals surface area contributed by atoms with Gasteiger partial charge in [0.25, 0.3) is 0 Å². The first-order valence-corrected chi connectivity index (χ1v) is 3.70. The van der Waals surface area contributed by atoms with Gasteiger partial charge in [-0.15, -0.1) is 0 Å². The molecule has 13 heavy (non-hydrogen) atoms. The number of primary amides is 1. The maximum atomic E-state index is 10.5. The molecular formula is C9H9N3O. The van der Waals surface area contributed by atoms with E-state index in [-0.39, 0.29) is 0 Å². The Morgan fingerprint density at radius 3 is 2.77 bits per heavy atom. The number of carbonyl (C=O) groups excluding carboxylic acids is 1. The molecule has 0 unspecified atom stereocenters. The number of urea groups is 1. The Morgan fingerprint density at radius 2 is 2.31 bits per heavy atom. The van der Waals surface area contributed by atoms with Crippen LogP contribution >= 0.6 is 0 Å². The maximum absolute atomic E-state index is 10.5. The number of nitriles is 1. The molecule has 0 bridgehead atoms. The summed E-state index contributed by atoms with van der Waals surface area (Å²) in [6.07, 6.45) is 0. The monoisotopic (exact) mass is 175 g/mol. The summed E-state index contributed by atoms with van der Waals surface area (Å²) >= 11 is 0. The molecule has 4 nitrogen and oxygen atoms in total. The van der Waals surface area contributed by atoms with Crippen LogP contribution in [-0.2, 0) is 0 Å². The minimum absolute atomic E-state index is 0.563.